The van der Waals surface area contributed by atoms with E-state index in [1.807, 2.05) is 18.2 Å². The van der Waals surface area contributed by atoms with Gasteiger partial charge in [-0.1, -0.05) is 127 Å². The van der Waals surface area contributed by atoms with Gasteiger partial charge in [0.25, 0.3) is 0 Å². The van der Waals surface area contributed by atoms with Gasteiger partial charge in [-0.25, -0.2) is 15.0 Å². The van der Waals surface area contributed by atoms with Crippen molar-refractivity contribution in [2.45, 2.75) is 0 Å². The summed E-state index contributed by atoms with van der Waals surface area (Å²) in [6.45, 7) is 0. The number of hydrogen-bond donors (Lipinski definition) is 0. The molecular weight excluding hydrogens is 611 g/mol. The van der Waals surface area contributed by atoms with Gasteiger partial charge in [0.15, 0.2) is 17.5 Å². The van der Waals surface area contributed by atoms with Gasteiger partial charge in [-0.3, -0.25) is 0 Å². The van der Waals surface area contributed by atoms with Crippen LogP contribution in [0.4, 0.5) is 0 Å². The van der Waals surface area contributed by atoms with Crippen LogP contribution >= 0.6 is 0 Å². The third-order valence-electron chi connectivity index (χ3n) is 9.57. The summed E-state index contributed by atoms with van der Waals surface area (Å²) in [5, 5.41) is 4.67. The van der Waals surface area contributed by atoms with Gasteiger partial charge in [-0.15, -0.1) is 0 Å². The summed E-state index contributed by atoms with van der Waals surface area (Å²) < 4.78 is 4.67. The van der Waals surface area contributed by atoms with Crippen LogP contribution in [0.1, 0.15) is 0 Å². The van der Waals surface area contributed by atoms with Gasteiger partial charge in [0, 0.05) is 49.6 Å². The number of aromatic nitrogens is 5. The third-order valence-corrected chi connectivity index (χ3v) is 9.57. The fourth-order valence-corrected chi connectivity index (χ4v) is 7.42. The minimum absolute atomic E-state index is 0.624. The largest absolute Gasteiger partial charge is 0.309 e. The highest BCUT2D eigenvalue weighted by molar-refractivity contribution is 6.14. The molecule has 0 saturated heterocycles. The van der Waals surface area contributed by atoms with E-state index in [-0.39, 0.29) is 0 Å². The molecule has 0 aliphatic rings. The van der Waals surface area contributed by atoms with Gasteiger partial charge in [-0.2, -0.15) is 0 Å². The van der Waals surface area contributed by atoms with Crippen molar-refractivity contribution < 1.29 is 0 Å². The monoisotopic (exact) mass is 639 g/mol. The van der Waals surface area contributed by atoms with Crippen LogP contribution in [0.15, 0.2) is 176 Å². The predicted molar refractivity (Wildman–Crippen MR) is 205 cm³/mol. The van der Waals surface area contributed by atoms with Gasteiger partial charge in [0.1, 0.15) is 0 Å². The summed E-state index contributed by atoms with van der Waals surface area (Å²) in [4.78, 5) is 15.8. The minimum atomic E-state index is 0.624. The Morgan fingerprint density at radius 1 is 0.300 bits per heavy atom. The molecule has 0 amide bonds. The van der Waals surface area contributed by atoms with E-state index in [0.29, 0.717) is 17.5 Å². The molecule has 0 N–H and O–H groups in total. The van der Waals surface area contributed by atoms with Crippen molar-refractivity contribution in [1.82, 2.24) is 24.1 Å². The molecule has 10 aromatic rings. The Morgan fingerprint density at radius 2 is 0.680 bits per heavy atom. The lowest BCUT2D eigenvalue weighted by atomic mass is 10.1. The molecule has 3 aromatic heterocycles. The lowest BCUT2D eigenvalue weighted by Gasteiger charge is -2.14. The van der Waals surface area contributed by atoms with Crippen molar-refractivity contribution in [3.05, 3.63) is 176 Å². The van der Waals surface area contributed by atoms with E-state index in [1.165, 1.54) is 10.8 Å². The molecule has 0 saturated carbocycles. The van der Waals surface area contributed by atoms with Crippen LogP contribution in [0, 0.1) is 0 Å². The normalized spacial score (nSPS) is 11.6. The third kappa shape index (κ3) is 4.37. The molecular formula is C45H29N5. The fourth-order valence-electron chi connectivity index (χ4n) is 7.42. The lowest BCUT2D eigenvalue weighted by Crippen LogP contribution is -2.03. The quantitative estimate of drug-likeness (QED) is 0.188. The van der Waals surface area contributed by atoms with E-state index in [2.05, 4.69) is 167 Å². The van der Waals surface area contributed by atoms with E-state index < -0.39 is 0 Å². The molecule has 0 unspecified atom stereocenters. The van der Waals surface area contributed by atoms with Crippen LogP contribution in [0.5, 0.6) is 0 Å². The highest BCUT2D eigenvalue weighted by atomic mass is 15.1. The average Bonchev–Trinajstić information content (AvgIpc) is 3.72. The van der Waals surface area contributed by atoms with Gasteiger partial charge in [0.05, 0.1) is 22.1 Å². The molecule has 10 rings (SSSR count). The molecule has 0 aliphatic heterocycles. The smallest absolute Gasteiger partial charge is 0.166 e. The van der Waals surface area contributed by atoms with Crippen LogP contribution in [-0.2, 0) is 0 Å². The first-order chi connectivity index (χ1) is 24.8. The van der Waals surface area contributed by atoms with Crippen LogP contribution in [0.25, 0.3) is 89.2 Å². The van der Waals surface area contributed by atoms with Crippen molar-refractivity contribution in [1.29, 1.82) is 0 Å². The number of rotatable bonds is 5. The zero-order valence-electron chi connectivity index (χ0n) is 27.0. The number of hydrogen-bond acceptors (Lipinski definition) is 3. The first kappa shape index (κ1) is 28.2. The Balaban J connectivity index is 1.31. The van der Waals surface area contributed by atoms with Crippen molar-refractivity contribution in [2.24, 2.45) is 0 Å². The summed E-state index contributed by atoms with van der Waals surface area (Å²) in [5.41, 5.74) is 9.39. The Morgan fingerprint density at radius 3 is 1.16 bits per heavy atom. The van der Waals surface area contributed by atoms with Gasteiger partial charge in [-0.05, 0) is 48.5 Å². The second-order valence-corrected chi connectivity index (χ2v) is 12.5. The van der Waals surface area contributed by atoms with Crippen molar-refractivity contribution in [2.75, 3.05) is 0 Å². The Hall–Kier alpha value is -6.85. The van der Waals surface area contributed by atoms with E-state index in [9.17, 15) is 0 Å². The maximum Gasteiger partial charge on any atom is 0.166 e. The molecule has 5 nitrogen and oxygen atoms in total. The molecule has 0 aliphatic carbocycles. The molecule has 0 atom stereocenters. The van der Waals surface area contributed by atoms with E-state index >= 15 is 0 Å². The highest BCUT2D eigenvalue weighted by Gasteiger charge is 2.22. The topological polar surface area (TPSA) is 48.5 Å². The molecule has 50 heavy (non-hydrogen) atoms. The number of benzene rings is 7. The first-order valence-corrected chi connectivity index (χ1v) is 16.8. The molecule has 0 bridgehead atoms. The van der Waals surface area contributed by atoms with Crippen LogP contribution < -0.4 is 0 Å². The Bertz CT molecular complexity index is 2680. The average molecular weight is 640 g/mol. The van der Waals surface area contributed by atoms with Gasteiger partial charge < -0.3 is 9.13 Å². The summed E-state index contributed by atoms with van der Waals surface area (Å²) >= 11 is 0. The summed E-state index contributed by atoms with van der Waals surface area (Å²) in [5.74, 6) is 1.88. The highest BCUT2D eigenvalue weighted by Crippen LogP contribution is 2.40. The minimum Gasteiger partial charge on any atom is -0.309 e. The zero-order chi connectivity index (χ0) is 33.0. The maximum absolute atomic E-state index is 5.36. The molecule has 0 spiro atoms. The van der Waals surface area contributed by atoms with E-state index in [4.69, 9.17) is 15.0 Å². The van der Waals surface area contributed by atoms with Crippen molar-refractivity contribution in [3.63, 3.8) is 0 Å². The predicted octanol–water partition coefficient (Wildman–Crippen LogP) is 11.1. The van der Waals surface area contributed by atoms with Crippen LogP contribution in [0.2, 0.25) is 0 Å². The summed E-state index contributed by atoms with van der Waals surface area (Å²) in [6, 6.07) is 61.3. The van der Waals surface area contributed by atoms with E-state index in [0.717, 1.165) is 60.9 Å². The van der Waals surface area contributed by atoms with Gasteiger partial charge >= 0.3 is 0 Å². The molecule has 3 heterocycles. The fraction of sp³-hybridized carbons (Fsp3) is 0. The number of para-hydroxylation sites is 6. The van der Waals surface area contributed by atoms with Crippen molar-refractivity contribution in [3.8, 4) is 45.5 Å². The second-order valence-electron chi connectivity index (χ2n) is 12.5. The van der Waals surface area contributed by atoms with Gasteiger partial charge in [0.2, 0.25) is 0 Å². The first-order valence-electron chi connectivity index (χ1n) is 16.8. The Labute approximate surface area is 288 Å². The zero-order valence-corrected chi connectivity index (χ0v) is 27.0. The number of fused-ring (bicyclic) bond motifs is 6. The molecule has 0 radical (unpaired) electrons. The lowest BCUT2D eigenvalue weighted by molar-refractivity contribution is 1.07. The van der Waals surface area contributed by atoms with Crippen LogP contribution in [0.3, 0.4) is 0 Å². The SMILES string of the molecule is c1ccc(-c2nc(-c3cccc4c5ccccc5n(-c5ccccc5)c34)nc(-c3cccc4c5ccccc5n(-c5ccccc5)c34)n2)cc1. The Kier molecular flexibility index (Phi) is 6.42. The molecule has 0 fully saturated rings. The van der Waals surface area contributed by atoms with Crippen molar-refractivity contribution >= 4 is 43.6 Å². The molecule has 234 valence electrons. The summed E-state index contributed by atoms with van der Waals surface area (Å²) in [7, 11) is 0. The number of nitrogens with zero attached hydrogens (tertiary/aromatic N) is 5. The molecule has 5 heteroatoms. The van der Waals surface area contributed by atoms with Crippen LogP contribution in [-0.4, -0.2) is 24.1 Å². The second kappa shape index (κ2) is 11.4. The summed E-state index contributed by atoms with van der Waals surface area (Å²) in [6.07, 6.45) is 0. The molecule has 7 aromatic carbocycles. The van der Waals surface area contributed by atoms with E-state index in [1.54, 1.807) is 0 Å². The standard InChI is InChI=1S/C45H29N5/c1-4-16-30(17-5-1)43-46-44(37-26-14-24-35-33-22-10-12-28-39(33)49(41(35)37)31-18-6-2-7-19-31)48-45(47-43)38-27-15-25-36-34-23-11-13-29-40(34)50(42(36)38)32-20-8-3-9-21-32/h1-29H. The maximum atomic E-state index is 5.36.